The molecule has 3 aromatic rings. The summed E-state index contributed by atoms with van der Waals surface area (Å²) in [5, 5.41) is 4.40. The topological polar surface area (TPSA) is 87.5 Å². The van der Waals surface area contributed by atoms with Crippen molar-refractivity contribution < 1.29 is 9.59 Å². The van der Waals surface area contributed by atoms with Crippen LogP contribution in [-0.4, -0.2) is 67.5 Å². The fourth-order valence-corrected chi connectivity index (χ4v) is 4.91. The van der Waals surface area contributed by atoms with E-state index in [0.29, 0.717) is 38.4 Å². The Morgan fingerprint density at radius 1 is 0.946 bits per heavy atom. The van der Waals surface area contributed by atoms with Crippen LogP contribution in [0.25, 0.3) is 0 Å². The van der Waals surface area contributed by atoms with Gasteiger partial charge < -0.3 is 9.80 Å². The largest absolute Gasteiger partial charge is 0.338 e. The Bertz CT molecular complexity index is 1190. The van der Waals surface area contributed by atoms with E-state index in [1.807, 2.05) is 72.3 Å². The minimum absolute atomic E-state index is 0.00990. The molecular formula is C28H37N7O2. The number of benzene rings is 1. The van der Waals surface area contributed by atoms with E-state index in [0.717, 1.165) is 55.2 Å². The summed E-state index contributed by atoms with van der Waals surface area (Å²) < 4.78 is 1.80. The second-order valence-corrected chi connectivity index (χ2v) is 9.60. The van der Waals surface area contributed by atoms with E-state index in [1.165, 1.54) is 0 Å². The maximum Gasteiger partial charge on any atom is 0.224 e. The van der Waals surface area contributed by atoms with Crippen LogP contribution in [0.1, 0.15) is 49.1 Å². The lowest BCUT2D eigenvalue weighted by atomic mass is 10.1. The van der Waals surface area contributed by atoms with Crippen LogP contribution in [0.2, 0.25) is 0 Å². The number of carbonyl (C=O) groups excluding carboxylic acids is 2. The van der Waals surface area contributed by atoms with Crippen LogP contribution in [0.15, 0.2) is 48.7 Å². The second kappa shape index (κ2) is 12.6. The Balaban J connectivity index is 1.55. The van der Waals surface area contributed by atoms with Gasteiger partial charge in [0.05, 0.1) is 12.2 Å². The van der Waals surface area contributed by atoms with Crippen LogP contribution in [0.3, 0.4) is 0 Å². The van der Waals surface area contributed by atoms with Crippen molar-refractivity contribution in [3.8, 4) is 0 Å². The maximum absolute atomic E-state index is 13.5. The molecule has 0 saturated carbocycles. The number of hydrogen-bond donors (Lipinski definition) is 0. The highest BCUT2D eigenvalue weighted by Crippen LogP contribution is 2.24. The average Bonchev–Trinajstić information content (AvgIpc) is 3.21. The lowest BCUT2D eigenvalue weighted by Crippen LogP contribution is -2.38. The molecule has 0 saturated heterocycles. The Hall–Kier alpha value is -3.59. The van der Waals surface area contributed by atoms with Gasteiger partial charge in [0.25, 0.3) is 0 Å². The molecule has 0 unspecified atom stereocenters. The summed E-state index contributed by atoms with van der Waals surface area (Å²) in [6, 6.07) is 13.9. The molecule has 0 spiro atoms. The second-order valence-electron chi connectivity index (χ2n) is 9.60. The zero-order valence-corrected chi connectivity index (χ0v) is 22.1. The van der Waals surface area contributed by atoms with Crippen molar-refractivity contribution in [1.82, 2.24) is 29.5 Å². The molecule has 1 aromatic carbocycles. The van der Waals surface area contributed by atoms with Crippen molar-refractivity contribution in [3.63, 3.8) is 0 Å². The fourth-order valence-electron chi connectivity index (χ4n) is 4.91. The van der Waals surface area contributed by atoms with E-state index in [9.17, 15) is 9.59 Å². The number of nitrogens with zero attached hydrogens (tertiary/aromatic N) is 7. The first kappa shape index (κ1) is 26.5. The zero-order valence-electron chi connectivity index (χ0n) is 22.1. The number of aromatic nitrogens is 4. The molecule has 1 aliphatic heterocycles. The highest BCUT2D eigenvalue weighted by Gasteiger charge is 2.22. The van der Waals surface area contributed by atoms with Gasteiger partial charge in [-0.05, 0) is 50.5 Å². The molecular weight excluding hydrogens is 466 g/mol. The SMILES string of the molecule is CC(=O)N1CCCN(Cc2ccccn2)CCCN(C(=O)CCn2nc(C)nc2C)Cc2ccccc21. The maximum atomic E-state index is 13.5. The Morgan fingerprint density at radius 2 is 1.70 bits per heavy atom. The summed E-state index contributed by atoms with van der Waals surface area (Å²) in [4.78, 5) is 41.1. The molecule has 9 heteroatoms. The molecule has 0 aliphatic carbocycles. The van der Waals surface area contributed by atoms with Crippen molar-refractivity contribution in [2.24, 2.45) is 0 Å². The van der Waals surface area contributed by atoms with Gasteiger partial charge >= 0.3 is 0 Å². The lowest BCUT2D eigenvalue weighted by Gasteiger charge is -2.31. The molecule has 3 heterocycles. The summed E-state index contributed by atoms with van der Waals surface area (Å²) in [5.74, 6) is 1.61. The van der Waals surface area contributed by atoms with E-state index < -0.39 is 0 Å². The molecule has 0 radical (unpaired) electrons. The summed E-state index contributed by atoms with van der Waals surface area (Å²) in [7, 11) is 0. The number of anilines is 1. The number of amides is 2. The van der Waals surface area contributed by atoms with Gasteiger partial charge in [-0.15, -0.1) is 0 Å². The van der Waals surface area contributed by atoms with Crippen LogP contribution in [0, 0.1) is 13.8 Å². The van der Waals surface area contributed by atoms with Crippen molar-refractivity contribution >= 4 is 17.5 Å². The van der Waals surface area contributed by atoms with Crippen LogP contribution >= 0.6 is 0 Å². The van der Waals surface area contributed by atoms with Gasteiger partial charge in [-0.25, -0.2) is 9.67 Å². The molecule has 37 heavy (non-hydrogen) atoms. The number of fused-ring (bicyclic) bond motifs is 1. The highest BCUT2D eigenvalue weighted by molar-refractivity contribution is 5.92. The molecule has 196 valence electrons. The molecule has 0 N–H and O–H groups in total. The Labute approximate surface area is 219 Å². The molecule has 9 nitrogen and oxygen atoms in total. The third kappa shape index (κ3) is 7.22. The minimum atomic E-state index is 0.00990. The molecule has 1 aliphatic rings. The Morgan fingerprint density at radius 3 is 2.41 bits per heavy atom. The van der Waals surface area contributed by atoms with Crippen LogP contribution < -0.4 is 4.90 Å². The number of rotatable bonds is 5. The third-order valence-corrected chi connectivity index (χ3v) is 6.75. The van der Waals surface area contributed by atoms with Crippen molar-refractivity contribution in [3.05, 3.63) is 71.6 Å². The molecule has 0 fully saturated rings. The van der Waals surface area contributed by atoms with E-state index in [2.05, 4.69) is 20.0 Å². The van der Waals surface area contributed by atoms with E-state index in [1.54, 1.807) is 11.6 Å². The predicted octanol–water partition coefficient (Wildman–Crippen LogP) is 3.36. The van der Waals surface area contributed by atoms with Crippen molar-refractivity contribution in [1.29, 1.82) is 0 Å². The molecule has 0 bridgehead atoms. The van der Waals surface area contributed by atoms with Crippen molar-refractivity contribution in [2.45, 2.75) is 59.7 Å². The van der Waals surface area contributed by atoms with Gasteiger partial charge in [0.15, 0.2) is 0 Å². The minimum Gasteiger partial charge on any atom is -0.338 e. The van der Waals surface area contributed by atoms with E-state index >= 15 is 0 Å². The first-order valence-corrected chi connectivity index (χ1v) is 13.0. The van der Waals surface area contributed by atoms with Crippen molar-refractivity contribution in [2.75, 3.05) is 31.1 Å². The first-order valence-electron chi connectivity index (χ1n) is 13.0. The lowest BCUT2D eigenvalue weighted by molar-refractivity contribution is -0.132. The van der Waals surface area contributed by atoms with Gasteiger partial charge in [0.1, 0.15) is 11.6 Å². The summed E-state index contributed by atoms with van der Waals surface area (Å²) in [6.45, 7) is 10.1. The number of carbonyl (C=O) groups is 2. The number of para-hydroxylation sites is 1. The van der Waals surface area contributed by atoms with E-state index in [-0.39, 0.29) is 11.8 Å². The van der Waals surface area contributed by atoms with Crippen LogP contribution in [0.4, 0.5) is 5.69 Å². The van der Waals surface area contributed by atoms with Gasteiger partial charge in [-0.2, -0.15) is 5.10 Å². The zero-order chi connectivity index (χ0) is 26.2. The molecule has 4 rings (SSSR count). The molecule has 2 aromatic heterocycles. The van der Waals surface area contributed by atoms with Gasteiger partial charge in [0.2, 0.25) is 11.8 Å². The van der Waals surface area contributed by atoms with Crippen LogP contribution in [0.5, 0.6) is 0 Å². The predicted molar refractivity (Wildman–Crippen MR) is 143 cm³/mol. The number of hydrogen-bond acceptors (Lipinski definition) is 6. The fraction of sp³-hybridized carbons (Fsp3) is 0.464. The van der Waals surface area contributed by atoms with E-state index in [4.69, 9.17) is 0 Å². The molecule has 0 atom stereocenters. The van der Waals surface area contributed by atoms with Gasteiger partial charge in [0, 0.05) is 64.5 Å². The highest BCUT2D eigenvalue weighted by atomic mass is 16.2. The smallest absolute Gasteiger partial charge is 0.224 e. The Kier molecular flexibility index (Phi) is 9.00. The van der Waals surface area contributed by atoms with Gasteiger partial charge in [-0.1, -0.05) is 24.3 Å². The van der Waals surface area contributed by atoms with Gasteiger partial charge in [-0.3, -0.25) is 19.5 Å². The average molecular weight is 504 g/mol. The number of pyridine rings is 1. The van der Waals surface area contributed by atoms with Crippen LogP contribution in [-0.2, 0) is 29.2 Å². The standard InChI is InChI=1S/C28H37N7O2/c1-22-30-23(2)35(31-22)19-13-28(37)33-17-8-15-32(21-26-11-6-7-14-29-26)16-9-18-34(24(3)36)27-12-5-4-10-25(27)20-33/h4-7,10-12,14H,8-9,13,15-21H2,1-3H3. The monoisotopic (exact) mass is 503 g/mol. The normalized spacial score (nSPS) is 15.5. The summed E-state index contributed by atoms with van der Waals surface area (Å²) >= 11 is 0. The first-order chi connectivity index (χ1) is 17.9. The summed E-state index contributed by atoms with van der Waals surface area (Å²) in [6.07, 6.45) is 3.89. The molecule has 2 amide bonds. The number of aryl methyl sites for hydroxylation is 3. The third-order valence-electron chi connectivity index (χ3n) is 6.75. The summed E-state index contributed by atoms with van der Waals surface area (Å²) in [5.41, 5.74) is 2.90. The quantitative estimate of drug-likeness (QED) is 0.531.